The number of nitrogens with one attached hydrogen (secondary N) is 2. The number of hydrogen-bond donors (Lipinski definition) is 2. The summed E-state index contributed by atoms with van der Waals surface area (Å²) in [4.78, 5) is 11.9. The summed E-state index contributed by atoms with van der Waals surface area (Å²) in [6.45, 7) is 5.07. The molecular formula is C13H19BrN2O2. The second kappa shape index (κ2) is 7.38. The van der Waals surface area contributed by atoms with Gasteiger partial charge < -0.3 is 15.4 Å². The fourth-order valence-electron chi connectivity index (χ4n) is 1.55. The summed E-state index contributed by atoms with van der Waals surface area (Å²) in [5.74, 6) is -0.224. The second-order valence-corrected chi connectivity index (χ2v) is 4.98. The van der Waals surface area contributed by atoms with E-state index < -0.39 is 0 Å². The number of methoxy groups -OCH3 is 1. The molecule has 1 aromatic rings. The molecule has 1 aromatic carbocycles. The molecule has 0 aromatic heterocycles. The minimum atomic E-state index is -0.177. The van der Waals surface area contributed by atoms with Gasteiger partial charge in [-0.3, -0.25) is 4.79 Å². The molecule has 0 spiro atoms. The third kappa shape index (κ3) is 4.31. The van der Waals surface area contributed by atoms with Crippen LogP contribution >= 0.6 is 15.9 Å². The van der Waals surface area contributed by atoms with E-state index in [1.165, 1.54) is 0 Å². The van der Waals surface area contributed by atoms with Gasteiger partial charge in [0.1, 0.15) is 0 Å². The van der Waals surface area contributed by atoms with Crippen LogP contribution in [0.15, 0.2) is 22.7 Å². The maximum Gasteiger partial charge on any atom is 0.229 e. The smallest absolute Gasteiger partial charge is 0.229 e. The van der Waals surface area contributed by atoms with Crippen molar-refractivity contribution in [1.82, 2.24) is 0 Å². The zero-order valence-electron chi connectivity index (χ0n) is 10.9. The van der Waals surface area contributed by atoms with Crippen LogP contribution < -0.4 is 10.6 Å². The van der Waals surface area contributed by atoms with Gasteiger partial charge in [-0.1, -0.05) is 22.9 Å². The standard InChI is InChI=1S/C13H19BrN2O2/c1-4-15-11-6-5-10(14)7-12(11)16-13(17)9(2)8-18-3/h5-7,9,15H,4,8H2,1-3H3,(H,16,17)/t9-/m0/s1. The van der Waals surface area contributed by atoms with Crippen molar-refractivity contribution in [2.24, 2.45) is 5.92 Å². The summed E-state index contributed by atoms with van der Waals surface area (Å²) in [5.41, 5.74) is 1.69. The van der Waals surface area contributed by atoms with Crippen molar-refractivity contribution in [3.8, 4) is 0 Å². The van der Waals surface area contributed by atoms with Gasteiger partial charge in [0, 0.05) is 18.1 Å². The van der Waals surface area contributed by atoms with E-state index >= 15 is 0 Å². The topological polar surface area (TPSA) is 50.4 Å². The van der Waals surface area contributed by atoms with Crippen LogP contribution in [0.4, 0.5) is 11.4 Å². The Balaban J connectivity index is 2.81. The lowest BCUT2D eigenvalue weighted by Crippen LogP contribution is -2.24. The first-order valence-corrected chi connectivity index (χ1v) is 6.71. The molecule has 18 heavy (non-hydrogen) atoms. The SMILES string of the molecule is CCNc1ccc(Br)cc1NC(=O)[C@@H](C)COC. The van der Waals surface area contributed by atoms with E-state index in [1.54, 1.807) is 7.11 Å². The highest BCUT2D eigenvalue weighted by Gasteiger charge is 2.14. The maximum absolute atomic E-state index is 11.9. The second-order valence-electron chi connectivity index (χ2n) is 4.07. The molecule has 0 heterocycles. The number of amides is 1. The zero-order valence-corrected chi connectivity index (χ0v) is 12.5. The molecule has 0 aliphatic rings. The largest absolute Gasteiger partial charge is 0.384 e. The van der Waals surface area contributed by atoms with Crippen LogP contribution in [0.5, 0.6) is 0 Å². The van der Waals surface area contributed by atoms with Gasteiger partial charge >= 0.3 is 0 Å². The normalized spacial score (nSPS) is 12.0. The zero-order chi connectivity index (χ0) is 13.5. The summed E-state index contributed by atoms with van der Waals surface area (Å²) >= 11 is 3.40. The molecule has 0 fully saturated rings. The van der Waals surface area contributed by atoms with E-state index in [-0.39, 0.29) is 11.8 Å². The predicted octanol–water partition coefficient (Wildman–Crippen LogP) is 3.10. The lowest BCUT2D eigenvalue weighted by molar-refractivity contribution is -0.120. The monoisotopic (exact) mass is 314 g/mol. The maximum atomic E-state index is 11.9. The first-order valence-electron chi connectivity index (χ1n) is 5.91. The Kier molecular flexibility index (Phi) is 6.15. The minimum Gasteiger partial charge on any atom is -0.384 e. The fourth-order valence-corrected chi connectivity index (χ4v) is 1.91. The van der Waals surface area contributed by atoms with Gasteiger partial charge in [-0.25, -0.2) is 0 Å². The summed E-state index contributed by atoms with van der Waals surface area (Å²) in [6.07, 6.45) is 0. The number of carbonyl (C=O) groups is 1. The molecule has 1 rings (SSSR count). The molecule has 1 atom stereocenters. The molecular weight excluding hydrogens is 296 g/mol. The summed E-state index contributed by atoms with van der Waals surface area (Å²) < 4.78 is 5.91. The van der Waals surface area contributed by atoms with E-state index in [9.17, 15) is 4.79 Å². The number of ether oxygens (including phenoxy) is 1. The molecule has 0 aliphatic heterocycles. The predicted molar refractivity (Wildman–Crippen MR) is 78.0 cm³/mol. The van der Waals surface area contributed by atoms with Crippen LogP contribution in [-0.2, 0) is 9.53 Å². The molecule has 0 bridgehead atoms. The Morgan fingerprint density at radius 2 is 2.17 bits per heavy atom. The number of rotatable bonds is 6. The van der Waals surface area contributed by atoms with E-state index in [2.05, 4.69) is 26.6 Å². The fraction of sp³-hybridized carbons (Fsp3) is 0.462. The first kappa shape index (κ1) is 15.0. The van der Waals surface area contributed by atoms with Crippen molar-refractivity contribution in [1.29, 1.82) is 0 Å². The van der Waals surface area contributed by atoms with Gasteiger partial charge in [-0.05, 0) is 25.1 Å². The Bertz CT molecular complexity index is 410. The Morgan fingerprint density at radius 1 is 1.44 bits per heavy atom. The molecule has 0 radical (unpaired) electrons. The van der Waals surface area contributed by atoms with E-state index in [0.717, 1.165) is 22.4 Å². The number of hydrogen-bond acceptors (Lipinski definition) is 3. The van der Waals surface area contributed by atoms with Crippen LogP contribution in [-0.4, -0.2) is 26.2 Å². The molecule has 1 amide bonds. The van der Waals surface area contributed by atoms with Crippen LogP contribution in [0.2, 0.25) is 0 Å². The number of benzene rings is 1. The van der Waals surface area contributed by atoms with E-state index in [4.69, 9.17) is 4.74 Å². The van der Waals surface area contributed by atoms with Crippen LogP contribution in [0.1, 0.15) is 13.8 Å². The highest BCUT2D eigenvalue weighted by molar-refractivity contribution is 9.10. The third-order valence-electron chi connectivity index (χ3n) is 2.47. The average molecular weight is 315 g/mol. The van der Waals surface area contributed by atoms with Gasteiger partial charge in [0.2, 0.25) is 5.91 Å². The molecule has 0 saturated heterocycles. The number of carbonyl (C=O) groups excluding carboxylic acids is 1. The average Bonchev–Trinajstić information content (AvgIpc) is 2.33. The summed E-state index contributed by atoms with van der Waals surface area (Å²) in [6, 6.07) is 5.76. The van der Waals surface area contributed by atoms with Gasteiger partial charge in [0.05, 0.1) is 23.9 Å². The van der Waals surface area contributed by atoms with Gasteiger partial charge in [-0.15, -0.1) is 0 Å². The van der Waals surface area contributed by atoms with E-state index in [1.807, 2.05) is 32.0 Å². The first-order chi connectivity index (χ1) is 8.58. The molecule has 4 nitrogen and oxygen atoms in total. The lowest BCUT2D eigenvalue weighted by Gasteiger charge is -2.15. The lowest BCUT2D eigenvalue weighted by atomic mass is 10.1. The van der Waals surface area contributed by atoms with Gasteiger partial charge in [-0.2, -0.15) is 0 Å². The number of halogens is 1. The highest BCUT2D eigenvalue weighted by Crippen LogP contribution is 2.26. The number of anilines is 2. The van der Waals surface area contributed by atoms with Crippen molar-refractivity contribution in [3.05, 3.63) is 22.7 Å². The molecule has 0 saturated carbocycles. The minimum absolute atomic E-state index is 0.0471. The molecule has 0 unspecified atom stereocenters. The van der Waals surface area contributed by atoms with Crippen LogP contribution in [0, 0.1) is 5.92 Å². The third-order valence-corrected chi connectivity index (χ3v) is 2.96. The molecule has 100 valence electrons. The molecule has 0 aliphatic carbocycles. The Hall–Kier alpha value is -1.07. The quantitative estimate of drug-likeness (QED) is 0.848. The van der Waals surface area contributed by atoms with Crippen LogP contribution in [0.25, 0.3) is 0 Å². The van der Waals surface area contributed by atoms with Crippen molar-refractivity contribution in [2.45, 2.75) is 13.8 Å². The van der Waals surface area contributed by atoms with E-state index in [0.29, 0.717) is 6.61 Å². The van der Waals surface area contributed by atoms with Crippen molar-refractivity contribution < 1.29 is 9.53 Å². The highest BCUT2D eigenvalue weighted by atomic mass is 79.9. The summed E-state index contributed by atoms with van der Waals surface area (Å²) in [7, 11) is 1.59. The van der Waals surface area contributed by atoms with Gasteiger partial charge in [0.25, 0.3) is 0 Å². The Labute approximate surface area is 116 Å². The van der Waals surface area contributed by atoms with Crippen molar-refractivity contribution in [3.63, 3.8) is 0 Å². The molecule has 5 heteroatoms. The summed E-state index contributed by atoms with van der Waals surface area (Å²) in [5, 5.41) is 6.12. The van der Waals surface area contributed by atoms with Gasteiger partial charge in [0.15, 0.2) is 0 Å². The molecule has 2 N–H and O–H groups in total. The van der Waals surface area contributed by atoms with Crippen LogP contribution in [0.3, 0.4) is 0 Å². The van der Waals surface area contributed by atoms with Crippen molar-refractivity contribution >= 4 is 33.2 Å². The van der Waals surface area contributed by atoms with Crippen molar-refractivity contribution in [2.75, 3.05) is 30.9 Å². The Morgan fingerprint density at radius 3 is 2.78 bits per heavy atom.